The van der Waals surface area contributed by atoms with Gasteiger partial charge in [-0.3, -0.25) is 9.69 Å². The van der Waals surface area contributed by atoms with Crippen molar-refractivity contribution < 1.29 is 9.53 Å². The molecular weight excluding hydrogens is 370 g/mol. The molecule has 2 fully saturated rings. The van der Waals surface area contributed by atoms with Crippen LogP contribution in [0.2, 0.25) is 0 Å². The minimum absolute atomic E-state index is 0.00889. The molecule has 3 aliphatic heterocycles. The molecule has 29 heavy (non-hydrogen) atoms. The van der Waals surface area contributed by atoms with Crippen LogP contribution < -0.4 is 5.32 Å². The van der Waals surface area contributed by atoms with E-state index in [1.807, 2.05) is 17.1 Å². The lowest BCUT2D eigenvalue weighted by Crippen LogP contribution is -2.60. The maximum absolute atomic E-state index is 12.9. The van der Waals surface area contributed by atoms with Crippen molar-refractivity contribution in [1.29, 1.82) is 0 Å². The second-order valence-corrected chi connectivity index (χ2v) is 8.58. The molecule has 5 heterocycles. The molecule has 0 bridgehead atoms. The van der Waals surface area contributed by atoms with E-state index >= 15 is 0 Å². The van der Waals surface area contributed by atoms with Crippen molar-refractivity contribution >= 4 is 5.91 Å². The number of nitrogens with zero attached hydrogens (tertiary/aromatic N) is 6. The van der Waals surface area contributed by atoms with Crippen molar-refractivity contribution in [3.8, 4) is 0 Å². The molecule has 2 aromatic rings. The summed E-state index contributed by atoms with van der Waals surface area (Å²) in [5.74, 6) is 1.30. The summed E-state index contributed by atoms with van der Waals surface area (Å²) in [5, 5.41) is 11.4. The zero-order chi connectivity index (χ0) is 20.0. The fraction of sp³-hybridized carbons (Fsp3) is 0.700. The van der Waals surface area contributed by atoms with Crippen LogP contribution in [-0.2, 0) is 28.2 Å². The molecule has 9 heteroatoms. The Labute approximate surface area is 170 Å². The molecule has 0 aromatic carbocycles. The maximum atomic E-state index is 12.9. The second-order valence-electron chi connectivity index (χ2n) is 8.58. The summed E-state index contributed by atoms with van der Waals surface area (Å²) in [5.41, 5.74) is 1.15. The number of hydrogen-bond donors (Lipinski definition) is 1. The van der Waals surface area contributed by atoms with Crippen molar-refractivity contribution in [2.75, 3.05) is 19.7 Å². The van der Waals surface area contributed by atoms with Crippen LogP contribution in [0, 0.1) is 5.92 Å². The molecule has 9 nitrogen and oxygen atoms in total. The molecule has 0 saturated carbocycles. The SMILES string of the molecule is CC[C@@H]1CCO[C@@H]1C(=O)NC1CC2(CN(Cc3cnnn3CC)C2)n2ccnc21. The lowest BCUT2D eigenvalue weighted by atomic mass is 9.86. The van der Waals surface area contributed by atoms with Gasteiger partial charge in [-0.05, 0) is 19.3 Å². The number of fused-ring (bicyclic) bond motifs is 2. The first-order valence-corrected chi connectivity index (χ1v) is 10.7. The Hall–Kier alpha value is -2.26. The van der Waals surface area contributed by atoms with E-state index in [2.05, 4.69) is 50.1 Å². The van der Waals surface area contributed by atoms with Gasteiger partial charge >= 0.3 is 0 Å². The summed E-state index contributed by atoms with van der Waals surface area (Å²) in [6.45, 7) is 8.44. The summed E-state index contributed by atoms with van der Waals surface area (Å²) in [4.78, 5) is 19.8. The van der Waals surface area contributed by atoms with E-state index in [0.717, 1.165) is 57.0 Å². The fourth-order valence-electron chi connectivity index (χ4n) is 5.33. The first-order valence-electron chi connectivity index (χ1n) is 10.7. The van der Waals surface area contributed by atoms with Crippen LogP contribution in [-0.4, -0.2) is 61.2 Å². The number of nitrogens with one attached hydrogen (secondary N) is 1. The molecule has 2 saturated heterocycles. The van der Waals surface area contributed by atoms with Crippen LogP contribution in [0.15, 0.2) is 18.6 Å². The fourth-order valence-corrected chi connectivity index (χ4v) is 5.33. The van der Waals surface area contributed by atoms with Gasteiger partial charge in [-0.25, -0.2) is 9.67 Å². The highest BCUT2D eigenvalue weighted by Crippen LogP contribution is 2.45. The Morgan fingerprint density at radius 2 is 2.24 bits per heavy atom. The minimum atomic E-state index is -0.320. The van der Waals surface area contributed by atoms with E-state index < -0.39 is 0 Å². The number of carbonyl (C=O) groups is 1. The molecule has 156 valence electrons. The summed E-state index contributed by atoms with van der Waals surface area (Å²) in [7, 11) is 0. The number of hydrogen-bond acceptors (Lipinski definition) is 6. The largest absolute Gasteiger partial charge is 0.368 e. The second kappa shape index (κ2) is 7.21. The van der Waals surface area contributed by atoms with Crippen LogP contribution in [0.1, 0.15) is 50.7 Å². The van der Waals surface area contributed by atoms with E-state index in [-0.39, 0.29) is 23.6 Å². The smallest absolute Gasteiger partial charge is 0.250 e. The van der Waals surface area contributed by atoms with Crippen molar-refractivity contribution in [1.82, 2.24) is 34.8 Å². The van der Waals surface area contributed by atoms with Crippen LogP contribution >= 0.6 is 0 Å². The molecule has 0 radical (unpaired) electrons. The van der Waals surface area contributed by atoms with Crippen molar-refractivity contribution in [3.63, 3.8) is 0 Å². The highest BCUT2D eigenvalue weighted by atomic mass is 16.5. The zero-order valence-corrected chi connectivity index (χ0v) is 17.1. The Morgan fingerprint density at radius 3 is 3.03 bits per heavy atom. The normalized spacial score (nSPS) is 27.9. The predicted octanol–water partition coefficient (Wildman–Crippen LogP) is 1.08. The molecule has 1 N–H and O–H groups in total. The molecule has 0 aliphatic carbocycles. The lowest BCUT2D eigenvalue weighted by Gasteiger charge is -2.49. The number of aromatic nitrogens is 5. The molecule has 5 rings (SSSR count). The number of ether oxygens (including phenoxy) is 1. The van der Waals surface area contributed by atoms with Crippen molar-refractivity contribution in [3.05, 3.63) is 30.1 Å². The topological polar surface area (TPSA) is 90.1 Å². The molecule has 3 aliphatic rings. The number of likely N-dealkylation sites (tertiary alicyclic amines) is 1. The van der Waals surface area contributed by atoms with Gasteiger partial charge in [0.2, 0.25) is 5.91 Å². The van der Waals surface area contributed by atoms with Gasteiger partial charge in [-0.2, -0.15) is 0 Å². The third-order valence-electron chi connectivity index (χ3n) is 6.81. The van der Waals surface area contributed by atoms with E-state index in [4.69, 9.17) is 4.74 Å². The van der Waals surface area contributed by atoms with Gasteiger partial charge in [-0.15, -0.1) is 5.10 Å². The Morgan fingerprint density at radius 1 is 1.38 bits per heavy atom. The monoisotopic (exact) mass is 399 g/mol. The molecule has 1 unspecified atom stereocenters. The van der Waals surface area contributed by atoms with Gasteiger partial charge in [0.05, 0.1) is 23.5 Å². The summed E-state index contributed by atoms with van der Waals surface area (Å²) in [6, 6.07) is -0.0517. The first-order chi connectivity index (χ1) is 14.1. The Kier molecular flexibility index (Phi) is 4.66. The number of aryl methyl sites for hydroxylation is 1. The van der Waals surface area contributed by atoms with Gasteiger partial charge in [0, 0.05) is 51.6 Å². The lowest BCUT2D eigenvalue weighted by molar-refractivity contribution is -0.132. The van der Waals surface area contributed by atoms with Crippen molar-refractivity contribution in [2.45, 2.75) is 63.9 Å². The quantitative estimate of drug-likeness (QED) is 0.782. The van der Waals surface area contributed by atoms with Crippen molar-refractivity contribution in [2.24, 2.45) is 5.92 Å². The number of carbonyl (C=O) groups excluding carboxylic acids is 1. The standard InChI is InChI=1S/C20H29N7O2/c1-3-14-5-8-29-17(14)19(28)23-16-9-20(26-7-6-21-18(16)26)12-25(13-20)11-15-10-22-24-27(15)4-2/h6-7,10,14,16-17H,3-5,8-9,11-13H2,1-2H3,(H,23,28)/t14-,16?,17+/m1/s1. The number of rotatable bonds is 6. The minimum Gasteiger partial charge on any atom is -0.368 e. The number of imidazole rings is 1. The van der Waals surface area contributed by atoms with Gasteiger partial charge in [0.15, 0.2) is 0 Å². The average Bonchev–Trinajstić information content (AvgIpc) is 3.46. The van der Waals surface area contributed by atoms with E-state index in [1.54, 1.807) is 0 Å². The first kappa shape index (κ1) is 18.7. The van der Waals surface area contributed by atoms with Gasteiger partial charge in [0.25, 0.3) is 0 Å². The van der Waals surface area contributed by atoms with E-state index in [0.29, 0.717) is 12.5 Å². The Balaban J connectivity index is 1.25. The Bertz CT molecular complexity index is 885. The highest BCUT2D eigenvalue weighted by molar-refractivity contribution is 5.81. The zero-order valence-electron chi connectivity index (χ0n) is 17.1. The summed E-state index contributed by atoms with van der Waals surface area (Å²) in [6.07, 6.45) is 8.25. The third-order valence-corrected chi connectivity index (χ3v) is 6.81. The molecular formula is C20H29N7O2. The van der Waals surface area contributed by atoms with E-state index in [1.165, 1.54) is 0 Å². The summed E-state index contributed by atoms with van der Waals surface area (Å²) >= 11 is 0. The molecule has 1 spiro atoms. The molecule has 2 aromatic heterocycles. The van der Waals surface area contributed by atoms with Crippen LogP contribution in [0.25, 0.3) is 0 Å². The van der Waals surface area contributed by atoms with Crippen LogP contribution in [0.5, 0.6) is 0 Å². The third kappa shape index (κ3) is 3.07. The predicted molar refractivity (Wildman–Crippen MR) is 105 cm³/mol. The van der Waals surface area contributed by atoms with Gasteiger partial charge in [-0.1, -0.05) is 18.6 Å². The van der Waals surface area contributed by atoms with Gasteiger partial charge < -0.3 is 14.6 Å². The highest BCUT2D eigenvalue weighted by Gasteiger charge is 2.52. The van der Waals surface area contributed by atoms with Gasteiger partial charge in [0.1, 0.15) is 11.9 Å². The van der Waals surface area contributed by atoms with Crippen LogP contribution in [0.4, 0.5) is 0 Å². The molecule has 1 amide bonds. The maximum Gasteiger partial charge on any atom is 0.250 e. The average molecular weight is 399 g/mol. The molecule has 3 atom stereocenters. The van der Waals surface area contributed by atoms with Crippen LogP contribution in [0.3, 0.4) is 0 Å². The van der Waals surface area contributed by atoms with E-state index in [9.17, 15) is 4.79 Å². The summed E-state index contributed by atoms with van der Waals surface area (Å²) < 4.78 is 9.94. The number of amides is 1.